The summed E-state index contributed by atoms with van der Waals surface area (Å²) < 4.78 is 0. The van der Waals surface area contributed by atoms with Crippen LogP contribution in [-0.4, -0.2) is 25.2 Å². The second-order valence-electron chi connectivity index (χ2n) is 5.95. The molecule has 0 aromatic heterocycles. The number of rotatable bonds is 4. The van der Waals surface area contributed by atoms with Gasteiger partial charge in [-0.25, -0.2) is 4.79 Å². The van der Waals surface area contributed by atoms with Crippen molar-refractivity contribution in [1.29, 1.82) is 5.26 Å². The van der Waals surface area contributed by atoms with E-state index in [0.29, 0.717) is 23.8 Å². The fourth-order valence-electron chi connectivity index (χ4n) is 3.06. The van der Waals surface area contributed by atoms with Crippen molar-refractivity contribution >= 4 is 17.4 Å². The highest BCUT2D eigenvalue weighted by molar-refractivity contribution is 5.89. The highest BCUT2D eigenvalue weighted by Crippen LogP contribution is 2.31. The van der Waals surface area contributed by atoms with Gasteiger partial charge in [0.2, 0.25) is 0 Å². The summed E-state index contributed by atoms with van der Waals surface area (Å²) in [5.74, 6) is 0. The minimum atomic E-state index is -0.236. The van der Waals surface area contributed by atoms with Gasteiger partial charge in [0.25, 0.3) is 0 Å². The number of nitrogens with zero attached hydrogens (tertiary/aromatic N) is 2. The number of fused-ring (bicyclic) bond motifs is 1. The van der Waals surface area contributed by atoms with Gasteiger partial charge in [0, 0.05) is 30.5 Å². The van der Waals surface area contributed by atoms with E-state index < -0.39 is 0 Å². The van der Waals surface area contributed by atoms with Crippen LogP contribution in [-0.2, 0) is 6.42 Å². The summed E-state index contributed by atoms with van der Waals surface area (Å²) in [5, 5.41) is 14.4. The number of benzene rings is 2. The van der Waals surface area contributed by atoms with E-state index in [4.69, 9.17) is 5.26 Å². The van der Waals surface area contributed by atoms with Crippen molar-refractivity contribution < 1.29 is 4.79 Å². The predicted molar refractivity (Wildman–Crippen MR) is 95.1 cm³/mol. The average molecular weight is 320 g/mol. The molecule has 0 aliphatic carbocycles. The molecule has 0 spiro atoms. The first-order valence-corrected chi connectivity index (χ1v) is 8.07. The number of nitrogens with one attached hydrogen (secondary N) is 2. The molecule has 5 nitrogen and oxygen atoms in total. The Morgan fingerprint density at radius 2 is 2.00 bits per heavy atom. The Balaban J connectivity index is 1.49. The van der Waals surface area contributed by atoms with E-state index in [0.717, 1.165) is 13.0 Å². The maximum absolute atomic E-state index is 12.0. The third-order valence-electron chi connectivity index (χ3n) is 4.26. The van der Waals surface area contributed by atoms with E-state index in [9.17, 15) is 4.79 Å². The molecule has 1 aliphatic heterocycles. The van der Waals surface area contributed by atoms with Gasteiger partial charge in [0.1, 0.15) is 0 Å². The lowest BCUT2D eigenvalue weighted by Crippen LogP contribution is -2.39. The van der Waals surface area contributed by atoms with Crippen molar-refractivity contribution in [1.82, 2.24) is 5.32 Å². The summed E-state index contributed by atoms with van der Waals surface area (Å²) in [6.07, 6.45) is 1.05. The quantitative estimate of drug-likeness (QED) is 0.909. The second-order valence-corrected chi connectivity index (χ2v) is 5.95. The molecule has 122 valence electrons. The first kappa shape index (κ1) is 15.9. The van der Waals surface area contributed by atoms with Crippen LogP contribution in [0.2, 0.25) is 0 Å². The zero-order valence-corrected chi connectivity index (χ0v) is 13.6. The van der Waals surface area contributed by atoms with Crippen LogP contribution in [0.25, 0.3) is 0 Å². The fourth-order valence-corrected chi connectivity index (χ4v) is 3.06. The lowest BCUT2D eigenvalue weighted by Gasteiger charge is -2.25. The number of carbonyl (C=O) groups is 1. The fraction of sp³-hybridized carbons (Fsp3) is 0.263. The molecule has 2 aromatic rings. The number of nitriles is 1. The standard InChI is InChI=1S/C19H20N4O/c1-14-12-16-4-2-3-5-18(16)23(14)11-10-21-19(24)22-17-8-6-15(13-20)7-9-17/h2-9,14H,10-12H2,1H3,(H2,21,22,24). The molecule has 1 heterocycles. The van der Waals surface area contributed by atoms with Gasteiger partial charge in [-0.3, -0.25) is 0 Å². The Morgan fingerprint density at radius 1 is 1.25 bits per heavy atom. The van der Waals surface area contributed by atoms with Crippen molar-refractivity contribution in [2.45, 2.75) is 19.4 Å². The molecule has 1 atom stereocenters. The second kappa shape index (κ2) is 7.05. The number of hydrogen-bond donors (Lipinski definition) is 2. The molecule has 1 unspecified atom stereocenters. The van der Waals surface area contributed by atoms with Crippen LogP contribution in [0.15, 0.2) is 48.5 Å². The maximum atomic E-state index is 12.0. The smallest absolute Gasteiger partial charge is 0.319 e. The van der Waals surface area contributed by atoms with E-state index >= 15 is 0 Å². The minimum absolute atomic E-state index is 0.236. The highest BCUT2D eigenvalue weighted by atomic mass is 16.2. The monoisotopic (exact) mass is 320 g/mol. The Kier molecular flexibility index (Phi) is 4.66. The summed E-state index contributed by atoms with van der Waals surface area (Å²) in [4.78, 5) is 14.3. The lowest BCUT2D eigenvalue weighted by molar-refractivity contribution is 0.252. The van der Waals surface area contributed by atoms with Crippen LogP contribution in [0.3, 0.4) is 0 Å². The third-order valence-corrected chi connectivity index (χ3v) is 4.26. The Hall–Kier alpha value is -3.00. The molecule has 0 saturated heterocycles. The molecule has 2 aromatic carbocycles. The molecule has 0 bridgehead atoms. The minimum Gasteiger partial charge on any atom is -0.367 e. The molecule has 3 rings (SSSR count). The van der Waals surface area contributed by atoms with Crippen LogP contribution < -0.4 is 15.5 Å². The van der Waals surface area contributed by atoms with E-state index in [-0.39, 0.29) is 6.03 Å². The molecule has 5 heteroatoms. The van der Waals surface area contributed by atoms with Gasteiger partial charge in [0.05, 0.1) is 11.6 Å². The molecule has 2 N–H and O–H groups in total. The Morgan fingerprint density at radius 3 is 2.75 bits per heavy atom. The SMILES string of the molecule is CC1Cc2ccccc2N1CCNC(=O)Nc1ccc(C#N)cc1. The Labute approximate surface area is 141 Å². The van der Waals surface area contributed by atoms with Crippen LogP contribution in [0.4, 0.5) is 16.2 Å². The normalized spacial score (nSPS) is 15.5. The molecule has 2 amide bonds. The van der Waals surface area contributed by atoms with Gasteiger partial charge < -0.3 is 15.5 Å². The maximum Gasteiger partial charge on any atom is 0.319 e. The van der Waals surface area contributed by atoms with Crippen molar-refractivity contribution in [3.63, 3.8) is 0 Å². The predicted octanol–water partition coefficient (Wildman–Crippen LogP) is 3.13. The lowest BCUT2D eigenvalue weighted by atomic mass is 10.1. The van der Waals surface area contributed by atoms with Gasteiger partial charge >= 0.3 is 6.03 Å². The first-order valence-electron chi connectivity index (χ1n) is 8.07. The zero-order chi connectivity index (χ0) is 16.9. The van der Waals surface area contributed by atoms with Gasteiger partial charge in [-0.15, -0.1) is 0 Å². The van der Waals surface area contributed by atoms with E-state index in [1.807, 2.05) is 0 Å². The summed E-state index contributed by atoms with van der Waals surface area (Å²) in [6, 6.07) is 17.5. The summed E-state index contributed by atoms with van der Waals surface area (Å²) in [5.41, 5.74) is 3.88. The molecular weight excluding hydrogens is 300 g/mol. The molecule has 0 saturated carbocycles. The number of carbonyl (C=O) groups excluding carboxylic acids is 1. The van der Waals surface area contributed by atoms with Crippen molar-refractivity contribution in [2.24, 2.45) is 0 Å². The zero-order valence-electron chi connectivity index (χ0n) is 13.6. The van der Waals surface area contributed by atoms with E-state index in [2.05, 4.69) is 52.8 Å². The van der Waals surface area contributed by atoms with Gasteiger partial charge in [0.15, 0.2) is 0 Å². The molecule has 0 fully saturated rings. The van der Waals surface area contributed by atoms with Crippen LogP contribution >= 0.6 is 0 Å². The summed E-state index contributed by atoms with van der Waals surface area (Å²) >= 11 is 0. The largest absolute Gasteiger partial charge is 0.367 e. The molecule has 1 aliphatic rings. The number of anilines is 2. The topological polar surface area (TPSA) is 68.2 Å². The van der Waals surface area contributed by atoms with Crippen molar-refractivity contribution in [3.8, 4) is 6.07 Å². The summed E-state index contributed by atoms with van der Waals surface area (Å²) in [6.45, 7) is 3.55. The number of urea groups is 1. The molecule has 24 heavy (non-hydrogen) atoms. The van der Waals surface area contributed by atoms with Crippen molar-refractivity contribution in [2.75, 3.05) is 23.3 Å². The first-order chi connectivity index (χ1) is 11.7. The van der Waals surface area contributed by atoms with Crippen LogP contribution in [0.1, 0.15) is 18.1 Å². The van der Waals surface area contributed by atoms with Crippen molar-refractivity contribution in [3.05, 3.63) is 59.7 Å². The highest BCUT2D eigenvalue weighted by Gasteiger charge is 2.24. The Bertz CT molecular complexity index is 764. The average Bonchev–Trinajstić information content (AvgIpc) is 2.91. The number of hydrogen-bond acceptors (Lipinski definition) is 3. The molecule has 0 radical (unpaired) electrons. The summed E-state index contributed by atoms with van der Waals surface area (Å²) in [7, 11) is 0. The van der Waals surface area contributed by atoms with Crippen LogP contribution in [0, 0.1) is 11.3 Å². The third kappa shape index (κ3) is 3.49. The molecular formula is C19H20N4O. The van der Waals surface area contributed by atoms with E-state index in [1.165, 1.54) is 11.3 Å². The van der Waals surface area contributed by atoms with Gasteiger partial charge in [-0.1, -0.05) is 18.2 Å². The number of amides is 2. The van der Waals surface area contributed by atoms with E-state index in [1.54, 1.807) is 24.3 Å². The number of para-hydroxylation sites is 1. The van der Waals surface area contributed by atoms with Gasteiger partial charge in [-0.05, 0) is 49.2 Å². The van der Waals surface area contributed by atoms with Crippen LogP contribution in [0.5, 0.6) is 0 Å². The van der Waals surface area contributed by atoms with Gasteiger partial charge in [-0.2, -0.15) is 5.26 Å².